The molecule has 7 heteroatoms. The molecule has 21 heavy (non-hydrogen) atoms. The summed E-state index contributed by atoms with van der Waals surface area (Å²) in [5.41, 5.74) is 6.92. The molecule has 1 aromatic rings. The van der Waals surface area contributed by atoms with Crippen LogP contribution in [0.25, 0.3) is 0 Å². The van der Waals surface area contributed by atoms with Gasteiger partial charge < -0.3 is 15.4 Å². The van der Waals surface area contributed by atoms with Gasteiger partial charge in [-0.15, -0.1) is 13.2 Å². The molecular formula is C14H19F3N2O2. The average Bonchev–Trinajstić information content (AvgIpc) is 2.43. The van der Waals surface area contributed by atoms with Gasteiger partial charge in [-0.3, -0.25) is 4.74 Å². The number of halogens is 3. The van der Waals surface area contributed by atoms with Crippen molar-refractivity contribution in [2.24, 2.45) is 5.73 Å². The van der Waals surface area contributed by atoms with Crippen LogP contribution in [0.1, 0.15) is 12.8 Å². The Morgan fingerprint density at radius 1 is 1.29 bits per heavy atom. The lowest BCUT2D eigenvalue weighted by Crippen LogP contribution is -2.42. The molecule has 0 aromatic heterocycles. The summed E-state index contributed by atoms with van der Waals surface area (Å²) in [5.74, 6) is 0.525. The number of alkyl halides is 3. The van der Waals surface area contributed by atoms with Crippen LogP contribution in [-0.4, -0.2) is 38.7 Å². The number of nitrogens with zero attached hydrogens (tertiary/aromatic N) is 1. The fourth-order valence-electron chi connectivity index (χ4n) is 2.33. The van der Waals surface area contributed by atoms with Gasteiger partial charge >= 0.3 is 6.36 Å². The molecule has 1 unspecified atom stereocenters. The molecule has 0 amide bonds. The molecule has 4 nitrogen and oxygen atoms in total. The highest BCUT2D eigenvalue weighted by molar-refractivity contribution is 5.51. The molecule has 0 saturated carbocycles. The zero-order valence-electron chi connectivity index (χ0n) is 11.6. The third kappa shape index (κ3) is 5.43. The highest BCUT2D eigenvalue weighted by Crippen LogP contribution is 2.24. The van der Waals surface area contributed by atoms with Crippen molar-refractivity contribution < 1.29 is 22.6 Å². The molecular weight excluding hydrogens is 285 g/mol. The van der Waals surface area contributed by atoms with E-state index in [1.54, 1.807) is 6.07 Å². The second-order valence-electron chi connectivity index (χ2n) is 4.99. The predicted molar refractivity (Wildman–Crippen MR) is 73.4 cm³/mol. The van der Waals surface area contributed by atoms with Gasteiger partial charge in [0.1, 0.15) is 12.4 Å². The van der Waals surface area contributed by atoms with E-state index in [0.717, 1.165) is 31.6 Å². The summed E-state index contributed by atoms with van der Waals surface area (Å²) in [6, 6.07) is 7.43. The van der Waals surface area contributed by atoms with Crippen molar-refractivity contribution in [1.82, 2.24) is 0 Å². The number of rotatable bonds is 5. The largest absolute Gasteiger partial charge is 0.522 e. The first-order valence-corrected chi connectivity index (χ1v) is 6.88. The minimum absolute atomic E-state index is 0.150. The first kappa shape index (κ1) is 15.9. The Morgan fingerprint density at radius 3 is 2.81 bits per heavy atom. The maximum Gasteiger partial charge on any atom is 0.522 e. The van der Waals surface area contributed by atoms with Crippen LogP contribution < -0.4 is 15.4 Å². The summed E-state index contributed by atoms with van der Waals surface area (Å²) in [7, 11) is 0. The van der Waals surface area contributed by atoms with Gasteiger partial charge in [0, 0.05) is 30.9 Å². The molecule has 1 atom stereocenters. The molecule has 118 valence electrons. The van der Waals surface area contributed by atoms with E-state index in [1.807, 2.05) is 18.2 Å². The molecule has 1 aliphatic heterocycles. The zero-order valence-corrected chi connectivity index (χ0v) is 11.6. The highest BCUT2D eigenvalue weighted by Gasteiger charge is 2.28. The second-order valence-corrected chi connectivity index (χ2v) is 4.99. The Kier molecular flexibility index (Phi) is 5.30. The van der Waals surface area contributed by atoms with Crippen LogP contribution in [0.3, 0.4) is 0 Å². The zero-order chi connectivity index (χ0) is 15.3. The Bertz CT molecular complexity index is 454. The first-order valence-electron chi connectivity index (χ1n) is 6.88. The average molecular weight is 304 g/mol. The standard InChI is InChI=1S/C14H19F3N2O2/c15-14(16,17)21-8-7-20-13-5-1-4-12(9-13)19-6-2-3-11(18)10-19/h1,4-5,9,11H,2-3,6-8,10,18H2. The molecule has 2 rings (SSSR count). The number of ether oxygens (including phenoxy) is 2. The van der Waals surface area contributed by atoms with E-state index < -0.39 is 13.0 Å². The van der Waals surface area contributed by atoms with E-state index >= 15 is 0 Å². The molecule has 1 aliphatic rings. The van der Waals surface area contributed by atoms with E-state index in [0.29, 0.717) is 5.75 Å². The summed E-state index contributed by atoms with van der Waals surface area (Å²) in [6.07, 6.45) is -2.57. The van der Waals surface area contributed by atoms with Gasteiger partial charge in [0.2, 0.25) is 0 Å². The molecule has 1 heterocycles. The number of piperidine rings is 1. The Morgan fingerprint density at radius 2 is 2.10 bits per heavy atom. The predicted octanol–water partition coefficient (Wildman–Crippen LogP) is 2.53. The molecule has 1 saturated heterocycles. The van der Waals surface area contributed by atoms with E-state index in [9.17, 15) is 13.2 Å². The Labute approximate surface area is 121 Å². The molecule has 0 radical (unpaired) electrons. The summed E-state index contributed by atoms with van der Waals surface area (Å²) in [4.78, 5) is 2.16. The number of benzene rings is 1. The number of hydrogen-bond donors (Lipinski definition) is 1. The SMILES string of the molecule is NC1CCCN(c2cccc(OCCOC(F)(F)F)c2)C1. The molecule has 0 spiro atoms. The maximum absolute atomic E-state index is 11.8. The fraction of sp³-hybridized carbons (Fsp3) is 0.571. The van der Waals surface area contributed by atoms with Gasteiger partial charge in [0.15, 0.2) is 0 Å². The third-order valence-electron chi connectivity index (χ3n) is 3.26. The van der Waals surface area contributed by atoms with Crippen molar-refractivity contribution in [1.29, 1.82) is 0 Å². The Balaban J connectivity index is 1.86. The normalized spacial score (nSPS) is 19.6. The highest BCUT2D eigenvalue weighted by atomic mass is 19.4. The van der Waals surface area contributed by atoms with Gasteiger partial charge in [-0.05, 0) is 25.0 Å². The minimum atomic E-state index is -4.62. The van der Waals surface area contributed by atoms with Gasteiger partial charge in [-0.1, -0.05) is 6.07 Å². The van der Waals surface area contributed by atoms with E-state index in [-0.39, 0.29) is 12.6 Å². The topological polar surface area (TPSA) is 47.7 Å². The van der Waals surface area contributed by atoms with Gasteiger partial charge in [0.05, 0.1) is 6.61 Å². The summed E-state index contributed by atoms with van der Waals surface area (Å²) in [5, 5.41) is 0. The van der Waals surface area contributed by atoms with Crippen molar-refractivity contribution in [3.63, 3.8) is 0 Å². The van der Waals surface area contributed by atoms with E-state index in [2.05, 4.69) is 9.64 Å². The lowest BCUT2D eigenvalue weighted by atomic mass is 10.1. The lowest BCUT2D eigenvalue weighted by molar-refractivity contribution is -0.325. The molecule has 2 N–H and O–H groups in total. The number of anilines is 1. The third-order valence-corrected chi connectivity index (χ3v) is 3.26. The van der Waals surface area contributed by atoms with Crippen LogP contribution in [0.5, 0.6) is 5.75 Å². The van der Waals surface area contributed by atoms with Crippen LogP contribution >= 0.6 is 0 Å². The lowest BCUT2D eigenvalue weighted by Gasteiger charge is -2.32. The van der Waals surface area contributed by atoms with Crippen molar-refractivity contribution in [3.05, 3.63) is 24.3 Å². The number of nitrogens with two attached hydrogens (primary N) is 1. The Hall–Kier alpha value is -1.47. The summed E-state index contributed by atoms with van der Waals surface area (Å²) < 4.78 is 44.4. The smallest absolute Gasteiger partial charge is 0.491 e. The monoisotopic (exact) mass is 304 g/mol. The van der Waals surface area contributed by atoms with Crippen molar-refractivity contribution in [2.75, 3.05) is 31.2 Å². The van der Waals surface area contributed by atoms with Crippen LogP contribution in [-0.2, 0) is 4.74 Å². The van der Waals surface area contributed by atoms with Gasteiger partial charge in [-0.25, -0.2) is 0 Å². The van der Waals surface area contributed by atoms with Gasteiger partial charge in [-0.2, -0.15) is 0 Å². The summed E-state index contributed by atoms with van der Waals surface area (Å²) >= 11 is 0. The minimum Gasteiger partial charge on any atom is -0.491 e. The second kappa shape index (κ2) is 7.00. The fourth-order valence-corrected chi connectivity index (χ4v) is 2.33. The van der Waals surface area contributed by atoms with Crippen LogP contribution in [0.4, 0.5) is 18.9 Å². The van der Waals surface area contributed by atoms with Crippen LogP contribution in [0.2, 0.25) is 0 Å². The maximum atomic E-state index is 11.8. The van der Waals surface area contributed by atoms with Crippen molar-refractivity contribution in [3.8, 4) is 5.75 Å². The summed E-state index contributed by atoms with van der Waals surface area (Å²) in [6.45, 7) is 1.03. The van der Waals surface area contributed by atoms with E-state index in [1.165, 1.54) is 0 Å². The van der Waals surface area contributed by atoms with Crippen LogP contribution in [0, 0.1) is 0 Å². The molecule has 1 fully saturated rings. The van der Waals surface area contributed by atoms with Crippen molar-refractivity contribution >= 4 is 5.69 Å². The van der Waals surface area contributed by atoms with Gasteiger partial charge in [0.25, 0.3) is 0 Å². The first-order chi connectivity index (χ1) is 9.94. The van der Waals surface area contributed by atoms with Crippen molar-refractivity contribution in [2.45, 2.75) is 25.2 Å². The molecule has 0 aliphatic carbocycles. The number of hydrogen-bond acceptors (Lipinski definition) is 4. The van der Waals surface area contributed by atoms with Crippen LogP contribution in [0.15, 0.2) is 24.3 Å². The molecule has 0 bridgehead atoms. The van der Waals surface area contributed by atoms with E-state index in [4.69, 9.17) is 10.5 Å². The quantitative estimate of drug-likeness (QED) is 0.849. The molecule has 1 aromatic carbocycles.